The first kappa shape index (κ1) is 12.9. The minimum Gasteiger partial charge on any atom is -0.241 e. The lowest BCUT2D eigenvalue weighted by Crippen LogP contribution is -1.94. The van der Waals surface area contributed by atoms with Gasteiger partial charge in [-0.25, -0.2) is 9.07 Å². The van der Waals surface area contributed by atoms with Crippen molar-refractivity contribution in [3.8, 4) is 5.69 Å². The molecule has 0 aliphatic heterocycles. The predicted octanol–water partition coefficient (Wildman–Crippen LogP) is 4.34. The second-order valence-corrected chi connectivity index (χ2v) is 4.90. The van der Waals surface area contributed by atoms with Crippen LogP contribution in [0.2, 0.25) is 0 Å². The number of nitrogens with zero attached hydrogens (tertiary/aromatic N) is 2. The van der Waals surface area contributed by atoms with Crippen LogP contribution in [0.4, 0.5) is 4.39 Å². The molecule has 0 bridgehead atoms. The molecule has 1 heterocycles. The molecule has 0 radical (unpaired) electrons. The molecule has 0 fully saturated rings. The fraction of sp³-hybridized carbons (Fsp3) is 0.0625. The molecule has 4 heteroatoms. The highest BCUT2D eigenvalue weighted by molar-refractivity contribution is 6.22. The van der Waals surface area contributed by atoms with Crippen LogP contribution >= 0.6 is 11.6 Å². The predicted molar refractivity (Wildman–Crippen MR) is 77.7 cm³/mol. The van der Waals surface area contributed by atoms with Gasteiger partial charge in [-0.1, -0.05) is 30.3 Å². The van der Waals surface area contributed by atoms with Crippen molar-refractivity contribution in [3.05, 3.63) is 83.9 Å². The summed E-state index contributed by atoms with van der Waals surface area (Å²) < 4.78 is 14.7. The molecule has 1 unspecified atom stereocenters. The summed E-state index contributed by atoms with van der Waals surface area (Å²) in [6.45, 7) is 0. The Morgan fingerprint density at radius 2 is 1.65 bits per heavy atom. The molecule has 3 aromatic rings. The number of hydrogen-bond acceptors (Lipinski definition) is 1. The van der Waals surface area contributed by atoms with Crippen LogP contribution in [0, 0.1) is 5.82 Å². The van der Waals surface area contributed by atoms with Crippen LogP contribution in [0.1, 0.15) is 16.5 Å². The fourth-order valence-corrected chi connectivity index (χ4v) is 2.27. The van der Waals surface area contributed by atoms with E-state index in [0.717, 1.165) is 16.8 Å². The Kier molecular flexibility index (Phi) is 3.52. The zero-order valence-electron chi connectivity index (χ0n) is 10.6. The lowest BCUT2D eigenvalue weighted by molar-refractivity contribution is 0.627. The van der Waals surface area contributed by atoms with Gasteiger partial charge in [0.2, 0.25) is 0 Å². The Labute approximate surface area is 121 Å². The van der Waals surface area contributed by atoms with Gasteiger partial charge in [0.15, 0.2) is 0 Å². The van der Waals surface area contributed by atoms with Gasteiger partial charge in [-0.05, 0) is 29.8 Å². The number of halogens is 2. The number of aromatic nitrogens is 2. The third kappa shape index (κ3) is 2.58. The number of hydrogen-bond donors (Lipinski definition) is 0. The van der Waals surface area contributed by atoms with E-state index in [1.54, 1.807) is 23.0 Å². The minimum absolute atomic E-state index is 0.266. The van der Waals surface area contributed by atoms with Gasteiger partial charge >= 0.3 is 0 Å². The van der Waals surface area contributed by atoms with Crippen LogP contribution < -0.4 is 0 Å². The molecule has 3 rings (SSSR count). The first-order chi connectivity index (χ1) is 9.74. The normalized spacial score (nSPS) is 12.3. The first-order valence-electron chi connectivity index (χ1n) is 6.23. The number of rotatable bonds is 3. The van der Waals surface area contributed by atoms with E-state index >= 15 is 0 Å². The molecule has 0 N–H and O–H groups in total. The SMILES string of the molecule is Fc1ccc(C(Cl)c2cnn(-c3ccccc3)c2)cc1. The highest BCUT2D eigenvalue weighted by atomic mass is 35.5. The van der Waals surface area contributed by atoms with Gasteiger partial charge in [0, 0.05) is 11.8 Å². The molecule has 0 aliphatic rings. The third-order valence-electron chi connectivity index (χ3n) is 3.08. The van der Waals surface area contributed by atoms with Crippen molar-refractivity contribution < 1.29 is 4.39 Å². The Balaban J connectivity index is 1.88. The third-order valence-corrected chi connectivity index (χ3v) is 3.58. The zero-order chi connectivity index (χ0) is 13.9. The minimum atomic E-state index is -0.340. The van der Waals surface area contributed by atoms with E-state index in [2.05, 4.69) is 5.10 Å². The van der Waals surface area contributed by atoms with Crippen LogP contribution in [-0.2, 0) is 0 Å². The molecule has 0 aliphatic carbocycles. The van der Waals surface area contributed by atoms with Crippen LogP contribution in [-0.4, -0.2) is 9.78 Å². The zero-order valence-corrected chi connectivity index (χ0v) is 11.3. The van der Waals surface area contributed by atoms with Gasteiger partial charge < -0.3 is 0 Å². The Hall–Kier alpha value is -2.13. The molecule has 0 spiro atoms. The van der Waals surface area contributed by atoms with Crippen LogP contribution in [0.3, 0.4) is 0 Å². The molecule has 0 saturated heterocycles. The van der Waals surface area contributed by atoms with Crippen molar-refractivity contribution in [2.45, 2.75) is 5.38 Å². The maximum atomic E-state index is 12.9. The van der Waals surface area contributed by atoms with Gasteiger partial charge in [0.05, 0.1) is 17.3 Å². The smallest absolute Gasteiger partial charge is 0.123 e. The quantitative estimate of drug-likeness (QED) is 0.655. The molecule has 2 nitrogen and oxygen atoms in total. The first-order valence-corrected chi connectivity index (χ1v) is 6.67. The maximum Gasteiger partial charge on any atom is 0.123 e. The number of benzene rings is 2. The van der Waals surface area contributed by atoms with Crippen molar-refractivity contribution in [2.24, 2.45) is 0 Å². The van der Waals surface area contributed by atoms with Crippen molar-refractivity contribution in [1.82, 2.24) is 9.78 Å². The van der Waals surface area contributed by atoms with Gasteiger partial charge in [0.25, 0.3) is 0 Å². The van der Waals surface area contributed by atoms with E-state index in [9.17, 15) is 4.39 Å². The number of para-hydroxylation sites is 1. The highest BCUT2D eigenvalue weighted by Crippen LogP contribution is 2.28. The second kappa shape index (κ2) is 5.47. The average Bonchev–Trinajstić information content (AvgIpc) is 2.98. The van der Waals surface area contributed by atoms with E-state index in [1.165, 1.54) is 12.1 Å². The lowest BCUT2D eigenvalue weighted by atomic mass is 10.1. The molecule has 0 saturated carbocycles. The molecule has 1 atom stereocenters. The summed E-state index contributed by atoms with van der Waals surface area (Å²) in [5.74, 6) is -0.266. The summed E-state index contributed by atoms with van der Waals surface area (Å²) in [6, 6.07) is 16.0. The molecule has 100 valence electrons. The van der Waals surface area contributed by atoms with Crippen LogP contribution in [0.5, 0.6) is 0 Å². The van der Waals surface area contributed by atoms with Crippen molar-refractivity contribution in [2.75, 3.05) is 0 Å². The molecule has 0 amide bonds. The standard InChI is InChI=1S/C16H12ClFN2/c17-16(12-6-8-14(18)9-7-12)13-10-19-20(11-13)15-4-2-1-3-5-15/h1-11,16H. The Bertz CT molecular complexity index is 692. The summed E-state index contributed by atoms with van der Waals surface area (Å²) in [5.41, 5.74) is 2.70. The van der Waals surface area contributed by atoms with E-state index in [-0.39, 0.29) is 11.2 Å². The van der Waals surface area contributed by atoms with Gasteiger partial charge in [-0.2, -0.15) is 5.10 Å². The molecule has 20 heavy (non-hydrogen) atoms. The summed E-state index contributed by atoms with van der Waals surface area (Å²) in [6.07, 6.45) is 3.62. The summed E-state index contributed by atoms with van der Waals surface area (Å²) in [5, 5.41) is 3.97. The molecular weight excluding hydrogens is 275 g/mol. The lowest BCUT2D eigenvalue weighted by Gasteiger charge is -2.07. The van der Waals surface area contributed by atoms with E-state index < -0.39 is 0 Å². The summed E-state index contributed by atoms with van der Waals surface area (Å²) in [4.78, 5) is 0. The monoisotopic (exact) mass is 286 g/mol. The van der Waals surface area contributed by atoms with Gasteiger partial charge in [-0.3, -0.25) is 0 Å². The second-order valence-electron chi connectivity index (χ2n) is 4.47. The summed E-state index contributed by atoms with van der Waals surface area (Å²) >= 11 is 6.41. The van der Waals surface area contributed by atoms with Gasteiger partial charge in [0.1, 0.15) is 5.82 Å². The fourth-order valence-electron chi connectivity index (χ4n) is 2.01. The van der Waals surface area contributed by atoms with Crippen molar-refractivity contribution >= 4 is 11.6 Å². The number of alkyl halides is 1. The summed E-state index contributed by atoms with van der Waals surface area (Å²) in [7, 11) is 0. The van der Waals surface area contributed by atoms with Crippen molar-refractivity contribution in [3.63, 3.8) is 0 Å². The highest BCUT2D eigenvalue weighted by Gasteiger charge is 2.13. The Morgan fingerprint density at radius 1 is 0.950 bits per heavy atom. The molecule has 2 aromatic carbocycles. The van der Waals surface area contributed by atoms with E-state index in [1.807, 2.05) is 36.5 Å². The largest absolute Gasteiger partial charge is 0.241 e. The average molecular weight is 287 g/mol. The van der Waals surface area contributed by atoms with Crippen LogP contribution in [0.15, 0.2) is 67.0 Å². The van der Waals surface area contributed by atoms with E-state index in [4.69, 9.17) is 11.6 Å². The van der Waals surface area contributed by atoms with Crippen molar-refractivity contribution in [1.29, 1.82) is 0 Å². The topological polar surface area (TPSA) is 17.8 Å². The Morgan fingerprint density at radius 3 is 2.35 bits per heavy atom. The van der Waals surface area contributed by atoms with Gasteiger partial charge in [-0.15, -0.1) is 11.6 Å². The maximum absolute atomic E-state index is 12.9. The van der Waals surface area contributed by atoms with E-state index in [0.29, 0.717) is 0 Å². The molecule has 1 aromatic heterocycles. The molecular formula is C16H12ClFN2. The van der Waals surface area contributed by atoms with Crippen LogP contribution in [0.25, 0.3) is 5.69 Å².